The molecule has 102 valence electrons. The van der Waals surface area contributed by atoms with E-state index in [9.17, 15) is 4.79 Å². The predicted molar refractivity (Wildman–Crippen MR) is 72.3 cm³/mol. The maximum atomic E-state index is 12.0. The standard InChI is InChI=1S/C15H26N2O/c18-15(16-10-11-3-1-2-4-11)9-12-7-13-5-6-14(8-12)17-13/h11-14,17H,1-10H2,(H,16,18). The van der Waals surface area contributed by atoms with Crippen LogP contribution in [0.4, 0.5) is 0 Å². The van der Waals surface area contributed by atoms with Crippen molar-refractivity contribution in [3.8, 4) is 0 Å². The van der Waals surface area contributed by atoms with Gasteiger partial charge in [-0.2, -0.15) is 0 Å². The smallest absolute Gasteiger partial charge is 0.220 e. The van der Waals surface area contributed by atoms with Gasteiger partial charge in [0.1, 0.15) is 0 Å². The fourth-order valence-electron chi connectivity index (χ4n) is 4.15. The van der Waals surface area contributed by atoms with E-state index in [4.69, 9.17) is 0 Å². The van der Waals surface area contributed by atoms with Gasteiger partial charge in [0.05, 0.1) is 0 Å². The Kier molecular flexibility index (Phi) is 3.88. The first-order valence-electron chi connectivity index (χ1n) is 7.82. The molecule has 3 aliphatic rings. The number of fused-ring (bicyclic) bond motifs is 2. The molecule has 3 rings (SSSR count). The van der Waals surface area contributed by atoms with E-state index in [0.29, 0.717) is 23.9 Å². The monoisotopic (exact) mass is 250 g/mol. The summed E-state index contributed by atoms with van der Waals surface area (Å²) in [6.07, 6.45) is 11.2. The number of hydrogen-bond donors (Lipinski definition) is 2. The normalized spacial score (nSPS) is 35.9. The molecule has 0 aromatic carbocycles. The lowest BCUT2D eigenvalue weighted by atomic mass is 9.89. The first kappa shape index (κ1) is 12.5. The highest BCUT2D eigenvalue weighted by Crippen LogP contribution is 2.32. The van der Waals surface area contributed by atoms with Gasteiger partial charge in [-0.1, -0.05) is 12.8 Å². The molecule has 2 heterocycles. The molecular formula is C15H26N2O. The zero-order valence-electron chi connectivity index (χ0n) is 11.3. The molecular weight excluding hydrogens is 224 g/mol. The average molecular weight is 250 g/mol. The number of carbonyl (C=O) groups is 1. The average Bonchev–Trinajstić information content (AvgIpc) is 2.97. The second kappa shape index (κ2) is 5.60. The predicted octanol–water partition coefficient (Wildman–Crippen LogP) is 2.21. The van der Waals surface area contributed by atoms with Crippen LogP contribution in [0.3, 0.4) is 0 Å². The fourth-order valence-corrected chi connectivity index (χ4v) is 4.15. The molecule has 1 aliphatic carbocycles. The van der Waals surface area contributed by atoms with Crippen molar-refractivity contribution in [3.05, 3.63) is 0 Å². The van der Waals surface area contributed by atoms with Gasteiger partial charge in [-0.05, 0) is 50.4 Å². The van der Waals surface area contributed by atoms with Crippen LogP contribution in [0.2, 0.25) is 0 Å². The van der Waals surface area contributed by atoms with Crippen molar-refractivity contribution in [1.82, 2.24) is 10.6 Å². The fraction of sp³-hybridized carbons (Fsp3) is 0.933. The molecule has 1 saturated carbocycles. The molecule has 2 unspecified atom stereocenters. The van der Waals surface area contributed by atoms with Crippen LogP contribution in [0, 0.1) is 11.8 Å². The second-order valence-corrected chi connectivity index (χ2v) is 6.63. The Morgan fingerprint density at radius 1 is 1.00 bits per heavy atom. The van der Waals surface area contributed by atoms with Gasteiger partial charge in [0, 0.05) is 25.0 Å². The summed E-state index contributed by atoms with van der Waals surface area (Å²) in [4.78, 5) is 12.0. The van der Waals surface area contributed by atoms with E-state index < -0.39 is 0 Å². The third kappa shape index (κ3) is 3.05. The van der Waals surface area contributed by atoms with Gasteiger partial charge in [0.2, 0.25) is 5.91 Å². The number of amides is 1. The molecule has 18 heavy (non-hydrogen) atoms. The minimum Gasteiger partial charge on any atom is -0.356 e. The van der Waals surface area contributed by atoms with E-state index in [1.807, 2.05) is 0 Å². The van der Waals surface area contributed by atoms with Crippen LogP contribution in [0.25, 0.3) is 0 Å². The molecule has 0 spiro atoms. The molecule has 2 N–H and O–H groups in total. The highest BCUT2D eigenvalue weighted by molar-refractivity contribution is 5.76. The van der Waals surface area contributed by atoms with E-state index in [2.05, 4.69) is 10.6 Å². The molecule has 1 amide bonds. The third-order valence-electron chi connectivity index (χ3n) is 5.11. The Labute approximate surface area is 110 Å². The third-order valence-corrected chi connectivity index (χ3v) is 5.11. The molecule has 2 bridgehead atoms. The van der Waals surface area contributed by atoms with Gasteiger partial charge in [0.15, 0.2) is 0 Å². The van der Waals surface area contributed by atoms with Gasteiger partial charge in [-0.25, -0.2) is 0 Å². The summed E-state index contributed by atoms with van der Waals surface area (Å²) in [6.45, 7) is 0.927. The second-order valence-electron chi connectivity index (χ2n) is 6.63. The van der Waals surface area contributed by atoms with E-state index in [1.54, 1.807) is 0 Å². The first-order valence-corrected chi connectivity index (χ1v) is 7.82. The SMILES string of the molecule is O=C(CC1CC2CCC(C1)N2)NCC1CCCC1. The van der Waals surface area contributed by atoms with Crippen molar-refractivity contribution in [2.45, 2.75) is 69.9 Å². The Morgan fingerprint density at radius 3 is 2.33 bits per heavy atom. The molecule has 2 saturated heterocycles. The summed E-state index contributed by atoms with van der Waals surface area (Å²) in [6, 6.07) is 1.41. The van der Waals surface area contributed by atoms with Crippen molar-refractivity contribution in [3.63, 3.8) is 0 Å². The largest absolute Gasteiger partial charge is 0.356 e. The number of carbonyl (C=O) groups excluding carboxylic acids is 1. The van der Waals surface area contributed by atoms with E-state index in [-0.39, 0.29) is 0 Å². The Morgan fingerprint density at radius 2 is 1.67 bits per heavy atom. The number of rotatable bonds is 4. The molecule has 0 aromatic rings. The van der Waals surface area contributed by atoms with Gasteiger partial charge < -0.3 is 10.6 Å². The van der Waals surface area contributed by atoms with Crippen LogP contribution in [-0.2, 0) is 4.79 Å². The van der Waals surface area contributed by atoms with Crippen LogP contribution in [0.15, 0.2) is 0 Å². The van der Waals surface area contributed by atoms with Crippen molar-refractivity contribution >= 4 is 5.91 Å². The van der Waals surface area contributed by atoms with Crippen molar-refractivity contribution in [1.29, 1.82) is 0 Å². The van der Waals surface area contributed by atoms with Crippen molar-refractivity contribution in [2.75, 3.05) is 6.54 Å². The Hall–Kier alpha value is -0.570. The van der Waals surface area contributed by atoms with Gasteiger partial charge in [0.25, 0.3) is 0 Å². The molecule has 2 atom stereocenters. The molecule has 0 aromatic heterocycles. The number of piperidine rings is 1. The summed E-state index contributed by atoms with van der Waals surface area (Å²) < 4.78 is 0. The van der Waals surface area contributed by atoms with Crippen molar-refractivity contribution < 1.29 is 4.79 Å². The summed E-state index contributed by atoms with van der Waals surface area (Å²) >= 11 is 0. The van der Waals surface area contributed by atoms with Gasteiger partial charge in [-0.15, -0.1) is 0 Å². The molecule has 3 heteroatoms. The lowest BCUT2D eigenvalue weighted by molar-refractivity contribution is -0.122. The summed E-state index contributed by atoms with van der Waals surface area (Å²) in [5, 5.41) is 6.80. The van der Waals surface area contributed by atoms with Crippen LogP contribution in [0.5, 0.6) is 0 Å². The summed E-state index contributed by atoms with van der Waals surface area (Å²) in [5.41, 5.74) is 0. The van der Waals surface area contributed by atoms with E-state index >= 15 is 0 Å². The zero-order chi connectivity index (χ0) is 12.4. The van der Waals surface area contributed by atoms with Gasteiger partial charge >= 0.3 is 0 Å². The lowest BCUT2D eigenvalue weighted by Crippen LogP contribution is -2.40. The molecule has 0 radical (unpaired) electrons. The maximum absolute atomic E-state index is 12.0. The number of hydrogen-bond acceptors (Lipinski definition) is 2. The maximum Gasteiger partial charge on any atom is 0.220 e. The Balaban J connectivity index is 1.38. The van der Waals surface area contributed by atoms with Crippen LogP contribution < -0.4 is 10.6 Å². The quantitative estimate of drug-likeness (QED) is 0.803. The van der Waals surface area contributed by atoms with Crippen molar-refractivity contribution in [2.24, 2.45) is 11.8 Å². The van der Waals surface area contributed by atoms with Crippen LogP contribution in [-0.4, -0.2) is 24.5 Å². The summed E-state index contributed by atoms with van der Waals surface area (Å²) in [7, 11) is 0. The molecule has 3 nitrogen and oxygen atoms in total. The minimum absolute atomic E-state index is 0.299. The highest BCUT2D eigenvalue weighted by atomic mass is 16.1. The molecule has 2 aliphatic heterocycles. The topological polar surface area (TPSA) is 41.1 Å². The zero-order valence-corrected chi connectivity index (χ0v) is 11.3. The van der Waals surface area contributed by atoms with E-state index in [1.165, 1.54) is 51.4 Å². The van der Waals surface area contributed by atoms with E-state index in [0.717, 1.165) is 18.9 Å². The van der Waals surface area contributed by atoms with Gasteiger partial charge in [-0.3, -0.25) is 4.79 Å². The highest BCUT2D eigenvalue weighted by Gasteiger charge is 2.34. The first-order chi connectivity index (χ1) is 8.79. The summed E-state index contributed by atoms with van der Waals surface area (Å²) in [5.74, 6) is 1.69. The molecule has 3 fully saturated rings. The minimum atomic E-state index is 0.299. The van der Waals surface area contributed by atoms with Crippen LogP contribution in [0.1, 0.15) is 57.8 Å². The Bertz CT molecular complexity index is 287. The number of nitrogens with one attached hydrogen (secondary N) is 2. The lowest BCUT2D eigenvalue weighted by Gasteiger charge is -2.28. The van der Waals surface area contributed by atoms with Crippen LogP contribution >= 0.6 is 0 Å².